The van der Waals surface area contributed by atoms with Crippen LogP contribution in [0.5, 0.6) is 0 Å². The first-order valence-corrected chi connectivity index (χ1v) is 7.02. The molecule has 1 unspecified atom stereocenters. The Morgan fingerprint density at radius 3 is 2.67 bits per heavy atom. The second-order valence-corrected chi connectivity index (χ2v) is 5.57. The van der Waals surface area contributed by atoms with Crippen molar-refractivity contribution in [2.24, 2.45) is 0 Å². The van der Waals surface area contributed by atoms with Crippen molar-refractivity contribution in [2.75, 3.05) is 18.6 Å². The summed E-state index contributed by atoms with van der Waals surface area (Å²) >= 11 is 11.7. The van der Waals surface area contributed by atoms with Crippen LogP contribution in [0.3, 0.4) is 0 Å². The molecule has 0 heterocycles. The average molecular weight is 266 g/mol. The smallest absolute Gasteiger partial charge is 0.0595 e. The summed E-state index contributed by atoms with van der Waals surface area (Å²) in [4.78, 5) is 0. The number of rotatable bonds is 5. The Bertz CT molecular complexity index is 357. The van der Waals surface area contributed by atoms with Gasteiger partial charge in [-0.3, -0.25) is 4.21 Å². The van der Waals surface area contributed by atoms with Gasteiger partial charge in [0.05, 0.1) is 10.0 Å². The molecule has 0 aliphatic rings. The maximum atomic E-state index is 10.8. The van der Waals surface area contributed by atoms with Crippen LogP contribution in [0.15, 0.2) is 18.2 Å². The van der Waals surface area contributed by atoms with Crippen LogP contribution in [-0.2, 0) is 17.3 Å². The van der Waals surface area contributed by atoms with Crippen molar-refractivity contribution in [1.29, 1.82) is 0 Å². The molecule has 0 aromatic heterocycles. The van der Waals surface area contributed by atoms with Crippen LogP contribution in [0.2, 0.25) is 10.0 Å². The standard InChI is InChI=1S/C10H13Cl2NOS/c1-15(14)5-4-13-7-8-2-3-9(11)10(12)6-8/h2-3,6,13H,4-5,7H2,1H3. The van der Waals surface area contributed by atoms with Gasteiger partial charge in [-0.1, -0.05) is 29.3 Å². The van der Waals surface area contributed by atoms with E-state index in [1.165, 1.54) is 0 Å². The van der Waals surface area contributed by atoms with Gasteiger partial charge < -0.3 is 5.32 Å². The highest BCUT2D eigenvalue weighted by Crippen LogP contribution is 2.22. The quantitative estimate of drug-likeness (QED) is 0.829. The Morgan fingerprint density at radius 1 is 1.33 bits per heavy atom. The van der Waals surface area contributed by atoms with Crippen LogP contribution in [0.1, 0.15) is 5.56 Å². The summed E-state index contributed by atoms with van der Waals surface area (Å²) in [5.74, 6) is 0.668. The minimum absolute atomic E-state index is 0.565. The van der Waals surface area contributed by atoms with E-state index in [1.54, 1.807) is 12.3 Å². The average Bonchev–Trinajstić information content (AvgIpc) is 2.18. The fourth-order valence-corrected chi connectivity index (χ4v) is 1.85. The molecule has 0 spiro atoms. The van der Waals surface area contributed by atoms with Crippen LogP contribution >= 0.6 is 23.2 Å². The Labute approximate surface area is 102 Å². The van der Waals surface area contributed by atoms with Gasteiger partial charge in [0, 0.05) is 35.9 Å². The molecular formula is C10H13Cl2NOS. The number of hydrogen-bond acceptors (Lipinski definition) is 2. The van der Waals surface area contributed by atoms with Crippen LogP contribution in [0.25, 0.3) is 0 Å². The third kappa shape index (κ3) is 4.98. The highest BCUT2D eigenvalue weighted by Gasteiger charge is 1.99. The van der Waals surface area contributed by atoms with Crippen molar-refractivity contribution < 1.29 is 4.21 Å². The van der Waals surface area contributed by atoms with Crippen LogP contribution in [0, 0.1) is 0 Å². The van der Waals surface area contributed by atoms with Gasteiger partial charge in [0.15, 0.2) is 0 Å². The first-order chi connectivity index (χ1) is 7.09. The largest absolute Gasteiger partial charge is 0.312 e. The molecule has 0 saturated heterocycles. The third-order valence-corrected chi connectivity index (χ3v) is 3.40. The van der Waals surface area contributed by atoms with Crippen LogP contribution in [0.4, 0.5) is 0 Å². The summed E-state index contributed by atoms with van der Waals surface area (Å²) in [6, 6.07) is 5.53. The lowest BCUT2D eigenvalue weighted by Crippen LogP contribution is -2.19. The van der Waals surface area contributed by atoms with Gasteiger partial charge in [0.2, 0.25) is 0 Å². The van der Waals surface area contributed by atoms with Crippen molar-refractivity contribution in [1.82, 2.24) is 5.32 Å². The van der Waals surface area contributed by atoms with Crippen LogP contribution in [-0.4, -0.2) is 22.8 Å². The molecule has 1 rings (SSSR count). The molecule has 1 aromatic rings. The SMILES string of the molecule is CS(=O)CCNCc1ccc(Cl)c(Cl)c1. The normalized spacial score (nSPS) is 12.7. The van der Waals surface area contributed by atoms with Crippen molar-refractivity contribution in [3.05, 3.63) is 33.8 Å². The summed E-state index contributed by atoms with van der Waals surface area (Å²) in [7, 11) is -0.741. The van der Waals surface area contributed by atoms with E-state index in [4.69, 9.17) is 23.2 Å². The molecule has 84 valence electrons. The minimum atomic E-state index is -0.741. The lowest BCUT2D eigenvalue weighted by molar-refractivity contribution is 0.676. The van der Waals surface area contributed by atoms with Crippen molar-refractivity contribution in [3.63, 3.8) is 0 Å². The highest BCUT2D eigenvalue weighted by atomic mass is 35.5. The van der Waals surface area contributed by atoms with Gasteiger partial charge in [-0.2, -0.15) is 0 Å². The lowest BCUT2D eigenvalue weighted by atomic mass is 10.2. The topological polar surface area (TPSA) is 29.1 Å². The summed E-state index contributed by atoms with van der Waals surface area (Å²) in [6.07, 6.45) is 1.70. The van der Waals surface area contributed by atoms with Gasteiger partial charge in [-0.25, -0.2) is 0 Å². The Kier molecular flexibility index (Phi) is 5.61. The molecule has 0 bridgehead atoms. The summed E-state index contributed by atoms with van der Waals surface area (Å²) < 4.78 is 10.8. The van der Waals surface area contributed by atoms with Gasteiger partial charge in [0.1, 0.15) is 0 Å². The maximum Gasteiger partial charge on any atom is 0.0595 e. The molecule has 0 fully saturated rings. The second-order valence-electron chi connectivity index (χ2n) is 3.20. The van der Waals surface area contributed by atoms with Crippen molar-refractivity contribution in [3.8, 4) is 0 Å². The number of hydrogen-bond donors (Lipinski definition) is 1. The molecule has 1 aromatic carbocycles. The van der Waals surface area contributed by atoms with E-state index in [1.807, 2.05) is 12.1 Å². The maximum absolute atomic E-state index is 10.8. The molecule has 15 heavy (non-hydrogen) atoms. The van der Waals surface area contributed by atoms with E-state index in [0.717, 1.165) is 12.1 Å². The molecule has 2 nitrogen and oxygen atoms in total. The number of halogens is 2. The van der Waals surface area contributed by atoms with Gasteiger partial charge >= 0.3 is 0 Å². The molecule has 0 radical (unpaired) electrons. The number of benzene rings is 1. The second kappa shape index (κ2) is 6.48. The summed E-state index contributed by atoms with van der Waals surface area (Å²) in [6.45, 7) is 1.46. The molecule has 1 atom stereocenters. The fourth-order valence-electron chi connectivity index (χ4n) is 1.10. The predicted octanol–water partition coefficient (Wildman–Crippen LogP) is 2.46. The Balaban J connectivity index is 2.38. The molecule has 5 heteroatoms. The zero-order valence-electron chi connectivity index (χ0n) is 8.43. The van der Waals surface area contributed by atoms with Crippen molar-refractivity contribution in [2.45, 2.75) is 6.54 Å². The predicted molar refractivity (Wildman–Crippen MR) is 67.1 cm³/mol. The highest BCUT2D eigenvalue weighted by molar-refractivity contribution is 7.84. The van der Waals surface area contributed by atoms with E-state index in [-0.39, 0.29) is 0 Å². The molecule has 0 saturated carbocycles. The first kappa shape index (κ1) is 13.0. The Hall–Kier alpha value is -0.0900. The minimum Gasteiger partial charge on any atom is -0.312 e. The fraction of sp³-hybridized carbons (Fsp3) is 0.400. The van der Waals surface area contributed by atoms with E-state index in [2.05, 4.69) is 5.32 Å². The molecule has 0 aliphatic heterocycles. The Morgan fingerprint density at radius 2 is 2.07 bits per heavy atom. The van der Waals surface area contributed by atoms with E-state index in [0.29, 0.717) is 22.3 Å². The van der Waals surface area contributed by atoms with Gasteiger partial charge in [-0.15, -0.1) is 0 Å². The molecular weight excluding hydrogens is 253 g/mol. The summed E-state index contributed by atoms with van der Waals surface area (Å²) in [5, 5.41) is 4.31. The third-order valence-electron chi connectivity index (χ3n) is 1.88. The molecule has 0 aliphatic carbocycles. The first-order valence-electron chi connectivity index (χ1n) is 4.54. The monoisotopic (exact) mass is 265 g/mol. The van der Waals surface area contributed by atoms with Gasteiger partial charge in [0.25, 0.3) is 0 Å². The van der Waals surface area contributed by atoms with E-state index < -0.39 is 10.8 Å². The molecule has 1 N–H and O–H groups in total. The lowest BCUT2D eigenvalue weighted by Gasteiger charge is -2.04. The zero-order valence-corrected chi connectivity index (χ0v) is 10.8. The van der Waals surface area contributed by atoms with Gasteiger partial charge in [-0.05, 0) is 17.7 Å². The van der Waals surface area contributed by atoms with E-state index >= 15 is 0 Å². The van der Waals surface area contributed by atoms with Crippen molar-refractivity contribution >= 4 is 34.0 Å². The zero-order chi connectivity index (χ0) is 11.3. The molecule has 0 amide bonds. The number of nitrogens with one attached hydrogen (secondary N) is 1. The van der Waals surface area contributed by atoms with Crippen LogP contribution < -0.4 is 5.32 Å². The van der Waals surface area contributed by atoms with E-state index in [9.17, 15) is 4.21 Å². The summed E-state index contributed by atoms with van der Waals surface area (Å²) in [5.41, 5.74) is 1.08.